The van der Waals surface area contributed by atoms with Crippen LogP contribution in [-0.2, 0) is 0 Å². The second-order valence-electron chi connectivity index (χ2n) is 2.30. The van der Waals surface area contributed by atoms with Crippen molar-refractivity contribution >= 4 is 23.1 Å². The van der Waals surface area contributed by atoms with Gasteiger partial charge in [0, 0.05) is 17.0 Å². The Hall–Kier alpha value is -1.63. The number of fused-ring (bicyclic) bond motifs is 1. The Balaban J connectivity index is 2.65. The van der Waals surface area contributed by atoms with Gasteiger partial charge in [-0.1, -0.05) is 11.8 Å². The maximum absolute atomic E-state index is 10.5. The molecule has 0 saturated heterocycles. The van der Waals surface area contributed by atoms with Crippen LogP contribution in [0.25, 0.3) is 0 Å². The van der Waals surface area contributed by atoms with Crippen LogP contribution in [0.5, 0.6) is 0 Å². The average Bonchev–Trinajstić information content (AvgIpc) is 2.79. The number of nitro benzene ring substituents is 2. The molecule has 1 heterocycles. The quantitative estimate of drug-likeness (QED) is 0.416. The molecule has 0 aliphatic carbocycles. The van der Waals surface area contributed by atoms with Gasteiger partial charge in [-0.3, -0.25) is 20.2 Å². The molecule has 0 saturated carbocycles. The van der Waals surface area contributed by atoms with E-state index in [1.54, 1.807) is 0 Å². The van der Waals surface area contributed by atoms with Gasteiger partial charge in [-0.2, -0.15) is 0 Å². The lowest BCUT2D eigenvalue weighted by molar-refractivity contribution is -0.424. The number of nitro groups is 2. The molecule has 1 aromatic carbocycles. The molecule has 0 amide bonds. The van der Waals surface area contributed by atoms with Crippen molar-refractivity contribution in [1.82, 2.24) is 0 Å². The molecule has 0 bridgehead atoms. The van der Waals surface area contributed by atoms with Gasteiger partial charge in [-0.15, -0.1) is 0 Å². The van der Waals surface area contributed by atoms with Crippen molar-refractivity contribution in [2.45, 2.75) is 9.79 Å². The summed E-state index contributed by atoms with van der Waals surface area (Å²) >= 11 is 1.14. The van der Waals surface area contributed by atoms with Crippen molar-refractivity contribution in [3.63, 3.8) is 0 Å². The lowest BCUT2D eigenvalue weighted by Crippen LogP contribution is -1.95. The standard InChI is InChI=1S/C6HN2O4S/c9-7(10)3-1-2-4-6(13-4)5(3)8(11)12/h1H. The van der Waals surface area contributed by atoms with E-state index in [0.29, 0.717) is 9.79 Å². The van der Waals surface area contributed by atoms with Crippen molar-refractivity contribution < 1.29 is 9.85 Å². The van der Waals surface area contributed by atoms with E-state index in [1.807, 2.05) is 0 Å². The molecule has 0 aromatic heterocycles. The Morgan fingerprint density at radius 2 is 2.00 bits per heavy atom. The fourth-order valence-corrected chi connectivity index (χ4v) is 1.66. The molecule has 2 rings (SSSR count). The Kier molecular flexibility index (Phi) is 1.49. The summed E-state index contributed by atoms with van der Waals surface area (Å²) in [4.78, 5) is 20.3. The van der Waals surface area contributed by atoms with Gasteiger partial charge in [-0.25, -0.2) is 0 Å². The van der Waals surface area contributed by atoms with Gasteiger partial charge in [0.15, 0.2) is 0 Å². The molecule has 65 valence electrons. The minimum absolute atomic E-state index is 0.360. The van der Waals surface area contributed by atoms with Crippen molar-refractivity contribution in [3.8, 4) is 0 Å². The van der Waals surface area contributed by atoms with Crippen molar-refractivity contribution in [2.24, 2.45) is 0 Å². The highest BCUT2D eigenvalue weighted by atomic mass is 32.2. The van der Waals surface area contributed by atoms with Crippen LogP contribution in [0.3, 0.4) is 0 Å². The van der Waals surface area contributed by atoms with E-state index in [2.05, 4.69) is 6.07 Å². The minimum Gasteiger partial charge on any atom is -0.258 e. The monoisotopic (exact) mass is 197 g/mol. The zero-order valence-electron chi connectivity index (χ0n) is 6.01. The number of benzene rings is 1. The van der Waals surface area contributed by atoms with E-state index >= 15 is 0 Å². The number of hydrogen-bond acceptors (Lipinski definition) is 5. The van der Waals surface area contributed by atoms with Gasteiger partial charge in [0.1, 0.15) is 4.90 Å². The van der Waals surface area contributed by atoms with Crippen LogP contribution >= 0.6 is 11.8 Å². The topological polar surface area (TPSA) is 86.3 Å². The lowest BCUT2D eigenvalue weighted by atomic mass is 10.3. The SMILES string of the molecule is O=[N+]([O-])c1c[c]c2c(c1[N+](=O)[O-])S2. The summed E-state index contributed by atoms with van der Waals surface area (Å²) in [6.07, 6.45) is 0. The molecule has 13 heavy (non-hydrogen) atoms. The third kappa shape index (κ3) is 1.13. The van der Waals surface area contributed by atoms with Crippen LogP contribution in [0.2, 0.25) is 0 Å². The first-order chi connectivity index (χ1) is 6.11. The first-order valence-corrected chi connectivity index (χ1v) is 3.98. The van der Waals surface area contributed by atoms with E-state index in [0.717, 1.165) is 17.8 Å². The number of rotatable bonds is 2. The van der Waals surface area contributed by atoms with Gasteiger partial charge in [-0.05, 0) is 0 Å². The molecule has 0 atom stereocenters. The molecule has 1 aliphatic heterocycles. The van der Waals surface area contributed by atoms with Crippen LogP contribution in [0, 0.1) is 26.3 Å². The number of nitrogens with zero attached hydrogens (tertiary/aromatic N) is 2. The zero-order valence-corrected chi connectivity index (χ0v) is 6.83. The van der Waals surface area contributed by atoms with Crippen molar-refractivity contribution in [3.05, 3.63) is 32.4 Å². The first-order valence-electron chi connectivity index (χ1n) is 3.16. The largest absolute Gasteiger partial charge is 0.360 e. The van der Waals surface area contributed by atoms with Gasteiger partial charge in [0.25, 0.3) is 0 Å². The molecule has 1 radical (unpaired) electrons. The fraction of sp³-hybridized carbons (Fsp3) is 0. The molecule has 0 unspecified atom stereocenters. The third-order valence-electron chi connectivity index (χ3n) is 1.55. The minimum atomic E-state index is -0.770. The predicted molar refractivity (Wildman–Crippen MR) is 42.7 cm³/mol. The third-order valence-corrected chi connectivity index (χ3v) is 2.47. The fourth-order valence-electron chi connectivity index (χ4n) is 0.962. The van der Waals surface area contributed by atoms with Crippen LogP contribution in [0.4, 0.5) is 11.4 Å². The Morgan fingerprint density at radius 3 is 2.54 bits per heavy atom. The molecule has 0 fully saturated rings. The zero-order chi connectivity index (χ0) is 9.59. The van der Waals surface area contributed by atoms with Gasteiger partial charge in [0.05, 0.1) is 9.85 Å². The molecule has 7 heteroatoms. The lowest BCUT2D eigenvalue weighted by Gasteiger charge is -1.90. The summed E-state index contributed by atoms with van der Waals surface area (Å²) in [7, 11) is 0. The summed E-state index contributed by atoms with van der Waals surface area (Å²) in [6.45, 7) is 0. The van der Waals surface area contributed by atoms with E-state index in [4.69, 9.17) is 0 Å². The van der Waals surface area contributed by atoms with Gasteiger partial charge < -0.3 is 0 Å². The molecule has 0 spiro atoms. The Labute approximate surface area is 75.9 Å². The van der Waals surface area contributed by atoms with Crippen molar-refractivity contribution in [2.75, 3.05) is 0 Å². The second kappa shape index (κ2) is 2.43. The van der Waals surface area contributed by atoms with Crippen molar-refractivity contribution in [1.29, 1.82) is 0 Å². The maximum atomic E-state index is 10.5. The van der Waals surface area contributed by atoms with Crippen LogP contribution < -0.4 is 0 Å². The molecule has 6 nitrogen and oxygen atoms in total. The van der Waals surface area contributed by atoms with E-state index < -0.39 is 21.2 Å². The highest BCUT2D eigenvalue weighted by molar-refractivity contribution is 8.05. The summed E-state index contributed by atoms with van der Waals surface area (Å²) in [5.74, 6) is 0. The smallest absolute Gasteiger partial charge is 0.258 e. The normalized spacial score (nSPS) is 12.0. The summed E-state index contributed by atoms with van der Waals surface area (Å²) < 4.78 is 0. The highest BCUT2D eigenvalue weighted by Crippen LogP contribution is 2.56. The van der Waals surface area contributed by atoms with E-state index in [1.165, 1.54) is 0 Å². The highest BCUT2D eigenvalue weighted by Gasteiger charge is 2.38. The Bertz CT molecular complexity index is 431. The number of hydrogen-bond donors (Lipinski definition) is 0. The summed E-state index contributed by atoms with van der Waals surface area (Å²) in [5.41, 5.74) is -0.905. The first kappa shape index (κ1) is 7.99. The Morgan fingerprint density at radius 1 is 1.31 bits per heavy atom. The molecular formula is C6HN2O4S. The van der Waals surface area contributed by atoms with E-state index in [9.17, 15) is 20.2 Å². The predicted octanol–water partition coefficient (Wildman–Crippen LogP) is 1.77. The maximum Gasteiger partial charge on any atom is 0.360 e. The average molecular weight is 197 g/mol. The molecular weight excluding hydrogens is 196 g/mol. The van der Waals surface area contributed by atoms with Gasteiger partial charge >= 0.3 is 11.4 Å². The second-order valence-corrected chi connectivity index (χ2v) is 3.32. The summed E-state index contributed by atoms with van der Waals surface area (Å²) in [5, 5.41) is 20.8. The van der Waals surface area contributed by atoms with Crippen LogP contribution in [0.1, 0.15) is 0 Å². The summed E-state index contributed by atoms with van der Waals surface area (Å²) in [6, 6.07) is 3.62. The molecule has 0 N–H and O–H groups in total. The van der Waals surface area contributed by atoms with E-state index in [-0.39, 0.29) is 0 Å². The molecule has 1 aliphatic rings. The van der Waals surface area contributed by atoms with Crippen LogP contribution in [-0.4, -0.2) is 9.85 Å². The molecule has 1 aromatic rings. The van der Waals surface area contributed by atoms with Gasteiger partial charge in [0.2, 0.25) is 0 Å². The van der Waals surface area contributed by atoms with Crippen LogP contribution in [0.15, 0.2) is 15.9 Å².